The van der Waals surface area contributed by atoms with Crippen LogP contribution in [0, 0.1) is 12.3 Å². The zero-order valence-electron chi connectivity index (χ0n) is 19.4. The van der Waals surface area contributed by atoms with Gasteiger partial charge in [0.2, 0.25) is 5.95 Å². The third-order valence-electron chi connectivity index (χ3n) is 7.74. The number of hydrogen-bond donors (Lipinski definition) is 2. The van der Waals surface area contributed by atoms with Crippen LogP contribution >= 0.6 is 11.6 Å². The van der Waals surface area contributed by atoms with Crippen molar-refractivity contribution in [3.63, 3.8) is 0 Å². The van der Waals surface area contributed by atoms with Crippen LogP contribution in [0.25, 0.3) is 16.8 Å². The van der Waals surface area contributed by atoms with E-state index in [9.17, 15) is 0 Å². The number of hydrogen-bond acceptors (Lipinski definition) is 6. The van der Waals surface area contributed by atoms with Crippen LogP contribution in [-0.4, -0.2) is 39.5 Å². The first-order valence-corrected chi connectivity index (χ1v) is 12.1. The number of fused-ring (bicyclic) bond motifs is 2. The summed E-state index contributed by atoms with van der Waals surface area (Å²) in [4.78, 5) is 16.4. The highest BCUT2D eigenvalue weighted by Gasteiger charge is 2.46. The number of pyridine rings is 1. The van der Waals surface area contributed by atoms with Gasteiger partial charge in [0.25, 0.3) is 0 Å². The number of anilines is 2. The van der Waals surface area contributed by atoms with Gasteiger partial charge in [0.05, 0.1) is 10.7 Å². The lowest BCUT2D eigenvalue weighted by molar-refractivity contribution is 0.187. The number of imidazole rings is 1. The Kier molecular flexibility index (Phi) is 5.00. The third kappa shape index (κ3) is 3.11. The van der Waals surface area contributed by atoms with E-state index < -0.39 is 0 Å². The summed E-state index contributed by atoms with van der Waals surface area (Å²) in [6.45, 7) is 3.86. The van der Waals surface area contributed by atoms with Crippen molar-refractivity contribution in [2.75, 3.05) is 30.4 Å². The standard InChI is InChI=1S/C26H28ClN7/c1-16-20(19-7-10-30-23(29-2)21(19)27)24-31-11-14-34(24)25(32-16)33-12-8-26(9-13-33)15-17-5-3-4-6-18(17)22(26)28/h3-7,10-11,14,22H,8-9,12-13,15,28H2,1-2H3,(H,29,30). The number of benzene rings is 1. The monoisotopic (exact) mass is 473 g/mol. The molecule has 6 rings (SSSR count). The molecule has 0 saturated carbocycles. The van der Waals surface area contributed by atoms with Gasteiger partial charge in [-0.1, -0.05) is 35.9 Å². The summed E-state index contributed by atoms with van der Waals surface area (Å²) < 4.78 is 2.08. The van der Waals surface area contributed by atoms with Gasteiger partial charge in [-0.05, 0) is 48.8 Å². The van der Waals surface area contributed by atoms with E-state index in [2.05, 4.69) is 43.9 Å². The molecule has 1 aliphatic heterocycles. The average Bonchev–Trinajstić information content (AvgIpc) is 3.44. The van der Waals surface area contributed by atoms with Gasteiger partial charge in [0.1, 0.15) is 11.5 Å². The van der Waals surface area contributed by atoms with E-state index in [1.54, 1.807) is 6.20 Å². The van der Waals surface area contributed by atoms with Crippen LogP contribution in [-0.2, 0) is 6.42 Å². The van der Waals surface area contributed by atoms with Gasteiger partial charge in [0, 0.05) is 55.9 Å². The molecule has 0 bridgehead atoms. The molecule has 1 aromatic carbocycles. The summed E-state index contributed by atoms with van der Waals surface area (Å²) >= 11 is 6.68. The fourth-order valence-electron chi connectivity index (χ4n) is 5.88. The zero-order chi connectivity index (χ0) is 23.4. The highest BCUT2D eigenvalue weighted by molar-refractivity contribution is 6.36. The predicted octanol–water partition coefficient (Wildman–Crippen LogP) is 4.64. The van der Waals surface area contributed by atoms with Crippen molar-refractivity contribution in [2.45, 2.75) is 32.2 Å². The Morgan fingerprint density at radius 3 is 2.68 bits per heavy atom. The topological polar surface area (TPSA) is 84.4 Å². The Balaban J connectivity index is 1.34. The van der Waals surface area contributed by atoms with Crippen molar-refractivity contribution in [1.29, 1.82) is 0 Å². The minimum absolute atomic E-state index is 0.103. The lowest BCUT2D eigenvalue weighted by Crippen LogP contribution is -2.45. The molecule has 174 valence electrons. The summed E-state index contributed by atoms with van der Waals surface area (Å²) in [6, 6.07) is 10.7. The minimum atomic E-state index is 0.103. The number of nitrogens with zero attached hydrogens (tertiary/aromatic N) is 5. The molecule has 1 spiro atoms. The highest BCUT2D eigenvalue weighted by Crippen LogP contribution is 2.51. The minimum Gasteiger partial charge on any atom is -0.372 e. The van der Waals surface area contributed by atoms with Gasteiger partial charge < -0.3 is 16.0 Å². The van der Waals surface area contributed by atoms with Crippen LogP contribution in [0.5, 0.6) is 0 Å². The van der Waals surface area contributed by atoms with E-state index >= 15 is 0 Å². The molecule has 1 aliphatic carbocycles. The molecule has 8 heteroatoms. The van der Waals surface area contributed by atoms with Gasteiger partial charge >= 0.3 is 0 Å². The maximum absolute atomic E-state index is 6.79. The van der Waals surface area contributed by atoms with Crippen molar-refractivity contribution >= 4 is 29.0 Å². The zero-order valence-corrected chi connectivity index (χ0v) is 20.2. The van der Waals surface area contributed by atoms with E-state index in [0.29, 0.717) is 10.8 Å². The first-order chi connectivity index (χ1) is 16.5. The third-order valence-corrected chi connectivity index (χ3v) is 8.12. The summed E-state index contributed by atoms with van der Waals surface area (Å²) in [7, 11) is 1.81. The Hall–Kier alpha value is -3.16. The first kappa shape index (κ1) is 21.4. The van der Waals surface area contributed by atoms with Crippen molar-refractivity contribution in [3.8, 4) is 11.1 Å². The molecule has 1 atom stereocenters. The Bertz CT molecular complexity index is 1390. The lowest BCUT2D eigenvalue weighted by atomic mass is 9.73. The molecular formula is C26H28ClN7. The molecule has 7 nitrogen and oxygen atoms in total. The maximum atomic E-state index is 6.79. The first-order valence-electron chi connectivity index (χ1n) is 11.8. The normalized spacial score (nSPS) is 19.1. The number of piperidine rings is 1. The van der Waals surface area contributed by atoms with Gasteiger partial charge in [-0.2, -0.15) is 0 Å². The van der Waals surface area contributed by atoms with Crippen LogP contribution in [0.2, 0.25) is 5.02 Å². The van der Waals surface area contributed by atoms with E-state index in [1.807, 2.05) is 32.4 Å². The highest BCUT2D eigenvalue weighted by atomic mass is 35.5. The van der Waals surface area contributed by atoms with Crippen molar-refractivity contribution < 1.29 is 0 Å². The summed E-state index contributed by atoms with van der Waals surface area (Å²) in [5, 5.41) is 3.63. The second-order valence-corrected chi connectivity index (χ2v) is 9.84. The smallest absolute Gasteiger partial charge is 0.211 e. The predicted molar refractivity (Wildman–Crippen MR) is 136 cm³/mol. The number of aryl methyl sites for hydroxylation is 1. The fraction of sp³-hybridized carbons (Fsp3) is 0.346. The molecule has 1 fully saturated rings. The van der Waals surface area contributed by atoms with Gasteiger partial charge in [-0.15, -0.1) is 0 Å². The largest absolute Gasteiger partial charge is 0.372 e. The van der Waals surface area contributed by atoms with E-state index in [0.717, 1.165) is 60.8 Å². The molecule has 4 aromatic rings. The van der Waals surface area contributed by atoms with Crippen LogP contribution in [0.3, 0.4) is 0 Å². The Labute approximate surface area is 204 Å². The summed E-state index contributed by atoms with van der Waals surface area (Å²) in [5.41, 5.74) is 13.2. The van der Waals surface area contributed by atoms with Crippen LogP contribution < -0.4 is 16.0 Å². The molecule has 34 heavy (non-hydrogen) atoms. The molecule has 3 N–H and O–H groups in total. The molecule has 2 aliphatic rings. The second-order valence-electron chi connectivity index (χ2n) is 9.47. The van der Waals surface area contributed by atoms with Gasteiger partial charge in [-0.3, -0.25) is 4.40 Å². The number of rotatable bonds is 3. The Morgan fingerprint density at radius 1 is 1.12 bits per heavy atom. The van der Waals surface area contributed by atoms with Crippen LogP contribution in [0.4, 0.5) is 11.8 Å². The molecule has 4 heterocycles. The number of halogens is 1. The number of aromatic nitrogens is 4. The quantitative estimate of drug-likeness (QED) is 0.451. The number of nitrogens with one attached hydrogen (secondary N) is 1. The van der Waals surface area contributed by atoms with Crippen molar-refractivity contribution in [3.05, 3.63) is 70.8 Å². The van der Waals surface area contributed by atoms with Gasteiger partial charge in [0.15, 0.2) is 0 Å². The van der Waals surface area contributed by atoms with Crippen LogP contribution in [0.1, 0.15) is 35.7 Å². The molecule has 1 saturated heterocycles. The Morgan fingerprint density at radius 2 is 1.91 bits per heavy atom. The lowest BCUT2D eigenvalue weighted by Gasteiger charge is -2.42. The fourth-order valence-corrected chi connectivity index (χ4v) is 6.18. The molecular weight excluding hydrogens is 446 g/mol. The van der Waals surface area contributed by atoms with E-state index in [4.69, 9.17) is 27.3 Å². The van der Waals surface area contributed by atoms with Crippen LogP contribution in [0.15, 0.2) is 48.9 Å². The summed E-state index contributed by atoms with van der Waals surface area (Å²) in [5.74, 6) is 1.56. The maximum Gasteiger partial charge on any atom is 0.211 e. The molecule has 0 amide bonds. The van der Waals surface area contributed by atoms with Crippen molar-refractivity contribution in [1.82, 2.24) is 19.4 Å². The molecule has 1 unspecified atom stereocenters. The molecule has 0 radical (unpaired) electrons. The van der Waals surface area contributed by atoms with E-state index in [1.165, 1.54) is 11.1 Å². The van der Waals surface area contributed by atoms with E-state index in [-0.39, 0.29) is 11.5 Å². The average molecular weight is 474 g/mol. The SMILES string of the molecule is CNc1nccc(-c2c(C)nc(N3CCC4(CC3)Cc3ccccc3C4N)n3ccnc23)c1Cl. The summed E-state index contributed by atoms with van der Waals surface area (Å²) in [6.07, 6.45) is 8.72. The second kappa shape index (κ2) is 7.96. The molecule has 3 aromatic heterocycles. The van der Waals surface area contributed by atoms with Gasteiger partial charge in [-0.25, -0.2) is 15.0 Å². The van der Waals surface area contributed by atoms with Crippen molar-refractivity contribution in [2.24, 2.45) is 11.1 Å². The number of nitrogens with two attached hydrogens (primary N) is 1.